The van der Waals surface area contributed by atoms with Crippen LogP contribution in [0.2, 0.25) is 0 Å². The fraction of sp³-hybridized carbons (Fsp3) is 0.857. The monoisotopic (exact) mass is 416 g/mol. The lowest BCUT2D eigenvalue weighted by molar-refractivity contribution is -0.137. The quantitative estimate of drug-likeness (QED) is 0.274. The summed E-state index contributed by atoms with van der Waals surface area (Å²) in [6.45, 7) is 0. The number of aliphatic hydroxyl groups is 2. The van der Waals surface area contributed by atoms with Crippen molar-refractivity contribution >= 4 is 29.3 Å². The predicted octanol–water partition coefficient (Wildman–Crippen LogP) is 3.61. The van der Waals surface area contributed by atoms with Gasteiger partial charge in [-0.3, -0.25) is 4.79 Å². The Hall–Kier alpha value is -0.410. The molecule has 2 N–H and O–H groups in total. The van der Waals surface area contributed by atoms with Crippen LogP contribution in [0, 0.1) is 29.6 Å². The molecule has 4 nitrogen and oxygen atoms in total. The van der Waals surface area contributed by atoms with Crippen molar-refractivity contribution in [1.29, 1.82) is 0 Å². The van der Waals surface area contributed by atoms with Crippen molar-refractivity contribution in [2.75, 3.05) is 18.6 Å². The topological polar surface area (TPSA) is 66.8 Å². The van der Waals surface area contributed by atoms with E-state index < -0.39 is 12.2 Å². The normalized spacial score (nSPS) is 29.8. The van der Waals surface area contributed by atoms with Crippen LogP contribution in [0.1, 0.15) is 57.8 Å². The average Bonchev–Trinajstić information content (AvgIpc) is 2.95. The number of methoxy groups -OCH3 is 1. The van der Waals surface area contributed by atoms with Gasteiger partial charge in [-0.15, -0.1) is 11.6 Å². The molecule has 0 aromatic carbocycles. The SMILES string of the molecule is COC(=O)CSCCCC[C@@H]1[C@@H](C#C[C@@H](O)C2CCCCC2)[C@H](O)C[C@H]1Cl. The highest BCUT2D eigenvalue weighted by atomic mass is 35.5. The summed E-state index contributed by atoms with van der Waals surface area (Å²) in [4.78, 5) is 11.1. The maximum absolute atomic E-state index is 11.1. The summed E-state index contributed by atoms with van der Waals surface area (Å²) < 4.78 is 4.63. The van der Waals surface area contributed by atoms with Crippen molar-refractivity contribution in [1.82, 2.24) is 0 Å². The van der Waals surface area contributed by atoms with Gasteiger partial charge in [0.1, 0.15) is 6.10 Å². The molecule has 27 heavy (non-hydrogen) atoms. The number of unbranched alkanes of at least 4 members (excludes halogenated alkanes) is 1. The Bertz CT molecular complexity index is 512. The zero-order valence-electron chi connectivity index (χ0n) is 16.2. The zero-order valence-corrected chi connectivity index (χ0v) is 17.8. The highest BCUT2D eigenvalue weighted by Crippen LogP contribution is 2.39. The Balaban J connectivity index is 1.78. The van der Waals surface area contributed by atoms with Gasteiger partial charge in [-0.05, 0) is 49.7 Å². The summed E-state index contributed by atoms with van der Waals surface area (Å²) in [5, 5.41) is 20.7. The molecular formula is C21H33ClO4S. The average molecular weight is 417 g/mol. The zero-order chi connectivity index (χ0) is 19.6. The number of rotatable bonds is 8. The molecule has 154 valence electrons. The van der Waals surface area contributed by atoms with Crippen LogP contribution in [0.25, 0.3) is 0 Å². The number of ether oxygens (including phenoxy) is 1. The second-order valence-corrected chi connectivity index (χ2v) is 9.43. The summed E-state index contributed by atoms with van der Waals surface area (Å²) >= 11 is 8.06. The van der Waals surface area contributed by atoms with E-state index in [9.17, 15) is 15.0 Å². The fourth-order valence-corrected chi connectivity index (χ4v) is 5.48. The first-order valence-electron chi connectivity index (χ1n) is 10.2. The van der Waals surface area contributed by atoms with Gasteiger partial charge >= 0.3 is 5.97 Å². The molecule has 2 aliphatic carbocycles. The second kappa shape index (κ2) is 12.2. The molecule has 0 aromatic heterocycles. The number of thioether (sulfide) groups is 1. The molecule has 2 aliphatic rings. The molecule has 0 aromatic rings. The molecule has 0 heterocycles. The smallest absolute Gasteiger partial charge is 0.315 e. The van der Waals surface area contributed by atoms with Gasteiger partial charge in [0.25, 0.3) is 0 Å². The number of carbonyl (C=O) groups is 1. The summed E-state index contributed by atoms with van der Waals surface area (Å²) in [6.07, 6.45) is 8.12. The molecule has 0 aliphatic heterocycles. The minimum absolute atomic E-state index is 0.0613. The van der Waals surface area contributed by atoms with E-state index in [1.54, 1.807) is 11.8 Å². The lowest BCUT2D eigenvalue weighted by atomic mass is 9.84. The predicted molar refractivity (Wildman–Crippen MR) is 111 cm³/mol. The van der Waals surface area contributed by atoms with E-state index in [2.05, 4.69) is 16.6 Å². The molecule has 2 rings (SSSR count). The van der Waals surface area contributed by atoms with E-state index in [1.165, 1.54) is 26.4 Å². The maximum atomic E-state index is 11.1. The number of halogens is 1. The summed E-state index contributed by atoms with van der Waals surface area (Å²) in [5.41, 5.74) is 0. The summed E-state index contributed by atoms with van der Waals surface area (Å²) in [6, 6.07) is 0. The van der Waals surface area contributed by atoms with Gasteiger partial charge < -0.3 is 14.9 Å². The molecule has 0 amide bonds. The Morgan fingerprint density at radius 1 is 1.30 bits per heavy atom. The van der Waals surface area contributed by atoms with Crippen LogP contribution < -0.4 is 0 Å². The number of hydrogen-bond acceptors (Lipinski definition) is 5. The Kier molecular flexibility index (Phi) is 10.3. The van der Waals surface area contributed by atoms with E-state index in [0.717, 1.165) is 37.9 Å². The lowest BCUT2D eigenvalue weighted by Crippen LogP contribution is -2.23. The first-order chi connectivity index (χ1) is 13.0. The number of hydrogen-bond donors (Lipinski definition) is 2. The molecule has 0 unspecified atom stereocenters. The van der Waals surface area contributed by atoms with Crippen molar-refractivity contribution in [3.63, 3.8) is 0 Å². The van der Waals surface area contributed by atoms with Gasteiger partial charge in [0, 0.05) is 5.38 Å². The number of alkyl halides is 1. The van der Waals surface area contributed by atoms with E-state index in [1.807, 2.05) is 0 Å². The van der Waals surface area contributed by atoms with Gasteiger partial charge in [0.05, 0.1) is 24.9 Å². The Morgan fingerprint density at radius 3 is 2.74 bits per heavy atom. The van der Waals surface area contributed by atoms with Crippen LogP contribution in [-0.4, -0.2) is 52.4 Å². The van der Waals surface area contributed by atoms with E-state index in [-0.39, 0.29) is 29.1 Å². The van der Waals surface area contributed by atoms with Gasteiger partial charge in [-0.25, -0.2) is 0 Å². The fourth-order valence-electron chi connectivity index (χ4n) is 4.17. The molecule has 0 bridgehead atoms. The van der Waals surface area contributed by atoms with Crippen molar-refractivity contribution in [3.8, 4) is 11.8 Å². The summed E-state index contributed by atoms with van der Waals surface area (Å²) in [5.74, 6) is 7.63. The van der Waals surface area contributed by atoms with Crippen LogP contribution >= 0.6 is 23.4 Å². The van der Waals surface area contributed by atoms with Crippen LogP contribution in [0.4, 0.5) is 0 Å². The summed E-state index contributed by atoms with van der Waals surface area (Å²) in [7, 11) is 1.40. The maximum Gasteiger partial charge on any atom is 0.315 e. The second-order valence-electron chi connectivity index (χ2n) is 7.76. The Morgan fingerprint density at radius 2 is 2.04 bits per heavy atom. The van der Waals surface area contributed by atoms with E-state index in [4.69, 9.17) is 11.6 Å². The third-order valence-corrected chi connectivity index (χ3v) is 7.34. The third-order valence-electron chi connectivity index (χ3n) is 5.82. The number of esters is 1. The number of carbonyl (C=O) groups excluding carboxylic acids is 1. The van der Waals surface area contributed by atoms with Gasteiger partial charge in [0.15, 0.2) is 0 Å². The van der Waals surface area contributed by atoms with Crippen LogP contribution in [0.15, 0.2) is 0 Å². The van der Waals surface area contributed by atoms with Crippen LogP contribution in [0.3, 0.4) is 0 Å². The molecule has 6 heteroatoms. The first kappa shape index (κ1) is 22.9. The van der Waals surface area contributed by atoms with Crippen LogP contribution in [0.5, 0.6) is 0 Å². The van der Waals surface area contributed by atoms with Crippen molar-refractivity contribution in [2.45, 2.75) is 75.4 Å². The number of aliphatic hydroxyl groups excluding tert-OH is 2. The first-order valence-corrected chi connectivity index (χ1v) is 11.8. The molecule has 0 radical (unpaired) electrons. The highest BCUT2D eigenvalue weighted by Gasteiger charge is 2.40. The molecular weight excluding hydrogens is 384 g/mol. The minimum atomic E-state index is -0.581. The molecule has 0 spiro atoms. The van der Waals surface area contributed by atoms with Crippen molar-refractivity contribution in [2.24, 2.45) is 17.8 Å². The van der Waals surface area contributed by atoms with Gasteiger partial charge in [-0.1, -0.05) is 37.5 Å². The minimum Gasteiger partial charge on any atom is -0.468 e. The Labute approximate surface area is 172 Å². The van der Waals surface area contributed by atoms with Crippen molar-refractivity contribution < 1.29 is 19.7 Å². The van der Waals surface area contributed by atoms with Gasteiger partial charge in [0.2, 0.25) is 0 Å². The molecule has 2 fully saturated rings. The van der Waals surface area contributed by atoms with Gasteiger partial charge in [-0.2, -0.15) is 11.8 Å². The standard InChI is InChI=1S/C21H33ClO4S/c1-26-21(25)14-27-12-6-5-9-16-17(20(24)13-18(16)22)10-11-19(23)15-7-3-2-4-8-15/h15-20,23-24H,2-9,12-14H2,1H3/t16-,17-,18-,19-,20-/m1/s1. The molecule has 2 saturated carbocycles. The molecule has 0 saturated heterocycles. The molecule has 5 atom stereocenters. The third kappa shape index (κ3) is 7.49. The van der Waals surface area contributed by atoms with Crippen LogP contribution in [-0.2, 0) is 9.53 Å². The highest BCUT2D eigenvalue weighted by molar-refractivity contribution is 7.99. The lowest BCUT2D eigenvalue weighted by Gasteiger charge is -2.24. The largest absolute Gasteiger partial charge is 0.468 e. The van der Waals surface area contributed by atoms with Crippen molar-refractivity contribution in [3.05, 3.63) is 0 Å². The van der Waals surface area contributed by atoms with E-state index >= 15 is 0 Å². The van der Waals surface area contributed by atoms with E-state index in [0.29, 0.717) is 12.2 Å².